The first kappa shape index (κ1) is 20.3. The monoisotopic (exact) mass is 422 g/mol. The second-order valence-corrected chi connectivity index (χ2v) is 7.09. The van der Waals surface area contributed by atoms with Crippen molar-refractivity contribution in [3.63, 3.8) is 0 Å². The lowest BCUT2D eigenvalue weighted by molar-refractivity contribution is -0.119. The van der Waals surface area contributed by atoms with Crippen LogP contribution in [0.15, 0.2) is 54.7 Å². The number of anilines is 2. The lowest BCUT2D eigenvalue weighted by Crippen LogP contribution is -2.33. The lowest BCUT2D eigenvalue weighted by Gasteiger charge is -2.14. The molecule has 0 bridgehead atoms. The summed E-state index contributed by atoms with van der Waals surface area (Å²) in [5, 5.41) is 6.06. The molecule has 3 aromatic rings. The summed E-state index contributed by atoms with van der Waals surface area (Å²) >= 11 is 0. The Morgan fingerprint density at radius 2 is 2.03 bits per heavy atom. The van der Waals surface area contributed by atoms with Gasteiger partial charge in [0.1, 0.15) is 11.9 Å². The second kappa shape index (κ2) is 8.39. The fourth-order valence-corrected chi connectivity index (χ4v) is 3.29. The third-order valence-electron chi connectivity index (χ3n) is 4.81. The van der Waals surface area contributed by atoms with E-state index in [4.69, 9.17) is 4.74 Å². The molecule has 1 aliphatic heterocycles. The maximum atomic E-state index is 14.7. The number of pyridine rings is 1. The average Bonchev–Trinajstić information content (AvgIpc) is 3.12. The van der Waals surface area contributed by atoms with Crippen molar-refractivity contribution < 1.29 is 23.5 Å². The Morgan fingerprint density at radius 1 is 1.23 bits per heavy atom. The first-order valence-electron chi connectivity index (χ1n) is 9.59. The largest absolute Gasteiger partial charge is 0.442 e. The smallest absolute Gasteiger partial charge is 0.414 e. The zero-order valence-electron chi connectivity index (χ0n) is 16.6. The van der Waals surface area contributed by atoms with Crippen molar-refractivity contribution in [2.24, 2.45) is 0 Å². The van der Waals surface area contributed by atoms with Gasteiger partial charge >= 0.3 is 6.09 Å². The Hall–Kier alpha value is -4.01. The van der Waals surface area contributed by atoms with E-state index in [2.05, 4.69) is 15.6 Å². The van der Waals surface area contributed by atoms with Crippen LogP contribution < -0.4 is 15.5 Å². The minimum atomic E-state index is -0.776. The molecule has 31 heavy (non-hydrogen) atoms. The summed E-state index contributed by atoms with van der Waals surface area (Å²) in [7, 11) is 0. The van der Waals surface area contributed by atoms with Crippen LogP contribution in [-0.4, -0.2) is 42.1 Å². The number of benzene rings is 2. The van der Waals surface area contributed by atoms with Crippen LogP contribution >= 0.6 is 0 Å². The summed E-state index contributed by atoms with van der Waals surface area (Å²) in [5.41, 5.74) is 1.32. The molecule has 3 amide bonds. The van der Waals surface area contributed by atoms with E-state index in [1.54, 1.807) is 6.07 Å². The molecule has 1 saturated heterocycles. The van der Waals surface area contributed by atoms with Gasteiger partial charge < -0.3 is 15.4 Å². The summed E-state index contributed by atoms with van der Waals surface area (Å²) in [4.78, 5) is 41.2. The normalized spacial score (nSPS) is 15.6. The van der Waals surface area contributed by atoms with Crippen molar-refractivity contribution in [1.82, 2.24) is 10.3 Å². The highest BCUT2D eigenvalue weighted by molar-refractivity contribution is 6.05. The summed E-state index contributed by atoms with van der Waals surface area (Å²) in [5.74, 6) is -1.65. The van der Waals surface area contributed by atoms with E-state index in [0.29, 0.717) is 5.69 Å². The molecular weight excluding hydrogens is 403 g/mol. The fourth-order valence-electron chi connectivity index (χ4n) is 3.29. The molecule has 1 aromatic heterocycles. The number of ether oxygens (including phenoxy) is 1. The Morgan fingerprint density at radius 3 is 2.81 bits per heavy atom. The van der Waals surface area contributed by atoms with Crippen LogP contribution in [0.4, 0.5) is 20.6 Å². The highest BCUT2D eigenvalue weighted by Crippen LogP contribution is 2.25. The Labute approximate surface area is 177 Å². The molecule has 1 fully saturated rings. The molecule has 158 valence electrons. The van der Waals surface area contributed by atoms with Gasteiger partial charge in [-0.05, 0) is 30.3 Å². The highest BCUT2D eigenvalue weighted by Gasteiger charge is 2.33. The van der Waals surface area contributed by atoms with Gasteiger partial charge in [-0.25, -0.2) is 9.18 Å². The molecule has 9 heteroatoms. The molecule has 0 spiro atoms. The van der Waals surface area contributed by atoms with Crippen molar-refractivity contribution >= 4 is 40.2 Å². The van der Waals surface area contributed by atoms with Gasteiger partial charge in [0.05, 0.1) is 41.7 Å². The standard InChI is InChI=1S/C22H19FN4O4/c1-13(28)24-11-17-12-27(22(30)31-17)16-6-7-18(19(23)9-16)21(29)26-15-8-14-4-2-3-5-20(14)25-10-15/h2-10,17H,11-12H2,1H3,(H,24,28)(H,26,29)/t17-/m0/s1. The molecule has 4 rings (SSSR count). The van der Waals surface area contributed by atoms with Gasteiger partial charge in [0.25, 0.3) is 5.91 Å². The number of carbonyl (C=O) groups is 3. The SMILES string of the molecule is CC(=O)NC[C@H]1CN(c2ccc(C(=O)Nc3cnc4ccccc4c3)c(F)c2)C(=O)O1. The number of amides is 3. The van der Waals surface area contributed by atoms with Crippen molar-refractivity contribution in [2.75, 3.05) is 23.3 Å². The van der Waals surface area contributed by atoms with Crippen molar-refractivity contribution in [2.45, 2.75) is 13.0 Å². The topological polar surface area (TPSA) is 101 Å². The van der Waals surface area contributed by atoms with Gasteiger partial charge in [0, 0.05) is 12.3 Å². The Balaban J connectivity index is 1.47. The quantitative estimate of drug-likeness (QED) is 0.658. The summed E-state index contributed by atoms with van der Waals surface area (Å²) in [6, 6.07) is 13.1. The number of hydrogen-bond donors (Lipinski definition) is 2. The van der Waals surface area contributed by atoms with Crippen LogP contribution in [0.3, 0.4) is 0 Å². The number of halogens is 1. The molecule has 8 nitrogen and oxygen atoms in total. The minimum absolute atomic E-state index is 0.160. The van der Waals surface area contributed by atoms with Gasteiger partial charge in [0.15, 0.2) is 0 Å². The Kier molecular flexibility index (Phi) is 5.48. The molecular formula is C22H19FN4O4. The molecule has 2 aromatic carbocycles. The Bertz CT molecular complexity index is 1180. The van der Waals surface area contributed by atoms with Gasteiger partial charge in [-0.15, -0.1) is 0 Å². The van der Waals surface area contributed by atoms with E-state index < -0.39 is 23.9 Å². The molecule has 2 N–H and O–H groups in total. The number of hydrogen-bond acceptors (Lipinski definition) is 5. The maximum absolute atomic E-state index is 14.7. The predicted octanol–water partition coefficient (Wildman–Crippen LogP) is 3.09. The number of fused-ring (bicyclic) bond motifs is 1. The second-order valence-electron chi connectivity index (χ2n) is 7.09. The van der Waals surface area contributed by atoms with Crippen LogP contribution in [0.1, 0.15) is 17.3 Å². The van der Waals surface area contributed by atoms with Crippen LogP contribution in [0.25, 0.3) is 10.9 Å². The highest BCUT2D eigenvalue weighted by atomic mass is 19.1. The number of nitrogens with zero attached hydrogens (tertiary/aromatic N) is 2. The van der Waals surface area contributed by atoms with E-state index in [-0.39, 0.29) is 30.2 Å². The molecule has 0 aliphatic carbocycles. The van der Waals surface area contributed by atoms with Crippen molar-refractivity contribution in [3.05, 3.63) is 66.1 Å². The number of para-hydroxylation sites is 1. The number of nitrogens with one attached hydrogen (secondary N) is 2. The van der Waals surface area contributed by atoms with Gasteiger partial charge in [-0.1, -0.05) is 18.2 Å². The average molecular weight is 422 g/mol. The molecule has 0 unspecified atom stereocenters. The van der Waals surface area contributed by atoms with E-state index in [9.17, 15) is 18.8 Å². The first-order chi connectivity index (χ1) is 14.9. The van der Waals surface area contributed by atoms with Crippen LogP contribution in [0, 0.1) is 5.82 Å². The summed E-state index contributed by atoms with van der Waals surface area (Å²) < 4.78 is 19.8. The fraction of sp³-hybridized carbons (Fsp3) is 0.182. The number of carbonyl (C=O) groups excluding carboxylic acids is 3. The van der Waals surface area contributed by atoms with Crippen LogP contribution in [0.2, 0.25) is 0 Å². The predicted molar refractivity (Wildman–Crippen MR) is 112 cm³/mol. The zero-order valence-corrected chi connectivity index (χ0v) is 16.6. The molecule has 1 aliphatic rings. The summed E-state index contributed by atoms with van der Waals surface area (Å²) in [6.07, 6.45) is 0.319. The van der Waals surface area contributed by atoms with Gasteiger partial charge in [-0.2, -0.15) is 0 Å². The first-order valence-corrected chi connectivity index (χ1v) is 9.59. The van der Waals surface area contributed by atoms with Crippen LogP contribution in [-0.2, 0) is 9.53 Å². The van der Waals surface area contributed by atoms with E-state index in [0.717, 1.165) is 17.0 Å². The molecule has 1 atom stereocenters. The van der Waals surface area contributed by atoms with Crippen molar-refractivity contribution in [3.8, 4) is 0 Å². The lowest BCUT2D eigenvalue weighted by atomic mass is 10.1. The van der Waals surface area contributed by atoms with Crippen molar-refractivity contribution in [1.29, 1.82) is 0 Å². The van der Waals surface area contributed by atoms with Gasteiger partial charge in [-0.3, -0.25) is 19.5 Å². The number of aromatic nitrogens is 1. The maximum Gasteiger partial charge on any atom is 0.414 e. The molecule has 2 heterocycles. The molecule has 0 saturated carbocycles. The van der Waals surface area contributed by atoms with Gasteiger partial charge in [0.2, 0.25) is 5.91 Å². The zero-order chi connectivity index (χ0) is 22.0. The number of rotatable bonds is 5. The minimum Gasteiger partial charge on any atom is -0.442 e. The van der Waals surface area contributed by atoms with E-state index >= 15 is 0 Å². The van der Waals surface area contributed by atoms with Crippen LogP contribution in [0.5, 0.6) is 0 Å². The third-order valence-corrected chi connectivity index (χ3v) is 4.81. The van der Waals surface area contributed by atoms with E-state index in [1.807, 2.05) is 24.3 Å². The summed E-state index contributed by atoms with van der Waals surface area (Å²) in [6.45, 7) is 1.69. The third kappa shape index (κ3) is 4.45. The molecule has 0 radical (unpaired) electrons. The van der Waals surface area contributed by atoms with E-state index in [1.165, 1.54) is 30.2 Å². The number of cyclic esters (lactones) is 1.